The van der Waals surface area contributed by atoms with Crippen LogP contribution >= 0.6 is 15.9 Å². The van der Waals surface area contributed by atoms with Crippen molar-refractivity contribution in [3.8, 4) is 0 Å². The lowest BCUT2D eigenvalue weighted by molar-refractivity contribution is 0.122. The third kappa shape index (κ3) is 2.36. The Kier molecular flexibility index (Phi) is 3.78. The van der Waals surface area contributed by atoms with Gasteiger partial charge >= 0.3 is 0 Å². The summed E-state index contributed by atoms with van der Waals surface area (Å²) in [6, 6.07) is 3.28. The number of halogens is 2. The Morgan fingerprint density at radius 2 is 2.06 bits per heavy atom. The molecule has 0 unspecified atom stereocenters. The molecule has 1 aliphatic rings. The highest BCUT2D eigenvalue weighted by molar-refractivity contribution is 9.10. The second-order valence-corrected chi connectivity index (χ2v) is 4.52. The van der Waals surface area contributed by atoms with Gasteiger partial charge in [0, 0.05) is 13.1 Å². The zero-order chi connectivity index (χ0) is 11.5. The van der Waals surface area contributed by atoms with Gasteiger partial charge in [0.15, 0.2) is 5.82 Å². The normalized spacial score (nSPS) is 16.6. The maximum absolute atomic E-state index is 13.9. The SMILES string of the molecule is OCc1cc(Br)c(F)c(N2CCOCC2)c1. The van der Waals surface area contributed by atoms with Crippen molar-refractivity contribution < 1.29 is 14.2 Å². The van der Waals surface area contributed by atoms with E-state index < -0.39 is 0 Å². The topological polar surface area (TPSA) is 32.7 Å². The average Bonchev–Trinajstić information content (AvgIpc) is 2.33. The summed E-state index contributed by atoms with van der Waals surface area (Å²) in [7, 11) is 0. The number of nitrogens with zero attached hydrogens (tertiary/aromatic N) is 1. The molecule has 1 aliphatic heterocycles. The number of morpholine rings is 1. The fraction of sp³-hybridized carbons (Fsp3) is 0.455. The van der Waals surface area contributed by atoms with Gasteiger partial charge in [0.2, 0.25) is 0 Å². The third-order valence-corrected chi connectivity index (χ3v) is 3.18. The summed E-state index contributed by atoms with van der Waals surface area (Å²) in [6.07, 6.45) is 0. The van der Waals surface area contributed by atoms with Crippen molar-refractivity contribution in [2.24, 2.45) is 0 Å². The summed E-state index contributed by atoms with van der Waals surface area (Å²) >= 11 is 3.16. The largest absolute Gasteiger partial charge is 0.392 e. The first kappa shape index (κ1) is 11.8. The molecule has 0 spiro atoms. The molecule has 5 heteroatoms. The highest BCUT2D eigenvalue weighted by Gasteiger charge is 2.17. The van der Waals surface area contributed by atoms with E-state index in [9.17, 15) is 4.39 Å². The van der Waals surface area contributed by atoms with Gasteiger partial charge in [-0.25, -0.2) is 4.39 Å². The molecule has 1 heterocycles. The Hall–Kier alpha value is -0.650. The van der Waals surface area contributed by atoms with Crippen molar-refractivity contribution in [1.82, 2.24) is 0 Å². The van der Waals surface area contributed by atoms with Crippen LogP contribution in [0.2, 0.25) is 0 Å². The minimum absolute atomic E-state index is 0.0871. The van der Waals surface area contributed by atoms with Crippen LogP contribution in [0.3, 0.4) is 0 Å². The van der Waals surface area contributed by atoms with E-state index >= 15 is 0 Å². The van der Waals surface area contributed by atoms with Gasteiger partial charge in [0.05, 0.1) is 30.0 Å². The molecular formula is C11H13BrFNO2. The fourth-order valence-electron chi connectivity index (χ4n) is 1.75. The minimum Gasteiger partial charge on any atom is -0.392 e. The van der Waals surface area contributed by atoms with Gasteiger partial charge in [-0.1, -0.05) is 0 Å². The molecule has 1 fully saturated rings. The highest BCUT2D eigenvalue weighted by atomic mass is 79.9. The standard InChI is InChI=1S/C11H13BrFNO2/c12-9-5-8(7-15)6-10(11(9)13)14-1-3-16-4-2-14/h5-6,15H,1-4,7H2. The van der Waals surface area contributed by atoms with Crippen LogP contribution in [-0.2, 0) is 11.3 Å². The van der Waals surface area contributed by atoms with E-state index in [1.807, 2.05) is 4.90 Å². The summed E-state index contributed by atoms with van der Waals surface area (Å²) in [5.41, 5.74) is 1.23. The first-order valence-electron chi connectivity index (χ1n) is 5.14. The van der Waals surface area contributed by atoms with Crippen LogP contribution in [0.5, 0.6) is 0 Å². The summed E-state index contributed by atoms with van der Waals surface area (Å²) < 4.78 is 19.5. The summed E-state index contributed by atoms with van der Waals surface area (Å²) in [5.74, 6) is -0.279. The van der Waals surface area contributed by atoms with Gasteiger partial charge in [-0.05, 0) is 33.6 Å². The van der Waals surface area contributed by atoms with Gasteiger partial charge in [-0.3, -0.25) is 0 Å². The summed E-state index contributed by atoms with van der Waals surface area (Å²) in [4.78, 5) is 1.93. The second-order valence-electron chi connectivity index (χ2n) is 3.67. The van der Waals surface area contributed by atoms with E-state index in [2.05, 4.69) is 15.9 Å². The lowest BCUT2D eigenvalue weighted by Gasteiger charge is -2.29. The number of hydrogen-bond donors (Lipinski definition) is 1. The van der Waals surface area contributed by atoms with Gasteiger partial charge < -0.3 is 14.7 Å². The molecule has 0 bridgehead atoms. The summed E-state index contributed by atoms with van der Waals surface area (Å²) in [5, 5.41) is 9.09. The van der Waals surface area contributed by atoms with Crippen LogP contribution in [0.25, 0.3) is 0 Å². The van der Waals surface area contributed by atoms with E-state index in [-0.39, 0.29) is 12.4 Å². The Bertz CT molecular complexity index is 380. The number of aliphatic hydroxyl groups is 1. The van der Waals surface area contributed by atoms with Crippen molar-refractivity contribution in [2.75, 3.05) is 31.2 Å². The van der Waals surface area contributed by atoms with Crippen LogP contribution in [0.15, 0.2) is 16.6 Å². The molecule has 88 valence electrons. The van der Waals surface area contributed by atoms with Crippen LogP contribution in [0.1, 0.15) is 5.56 Å². The maximum Gasteiger partial charge on any atom is 0.160 e. The number of ether oxygens (including phenoxy) is 1. The molecule has 2 rings (SSSR count). The number of rotatable bonds is 2. The molecule has 3 nitrogen and oxygen atoms in total. The fourth-order valence-corrected chi connectivity index (χ4v) is 2.25. The minimum atomic E-state index is -0.279. The number of hydrogen-bond acceptors (Lipinski definition) is 3. The van der Waals surface area contributed by atoms with E-state index in [0.717, 1.165) is 0 Å². The van der Waals surface area contributed by atoms with E-state index in [1.165, 1.54) is 0 Å². The predicted octanol–water partition coefficient (Wildman–Crippen LogP) is 1.92. The van der Waals surface area contributed by atoms with Gasteiger partial charge in [0.1, 0.15) is 0 Å². The molecule has 0 radical (unpaired) electrons. The van der Waals surface area contributed by atoms with Gasteiger partial charge in [-0.15, -0.1) is 0 Å². The molecule has 0 saturated carbocycles. The second kappa shape index (κ2) is 5.12. The monoisotopic (exact) mass is 289 g/mol. The Labute approximate surface area is 102 Å². The molecule has 0 atom stereocenters. The highest BCUT2D eigenvalue weighted by Crippen LogP contribution is 2.28. The molecule has 0 aliphatic carbocycles. The zero-order valence-electron chi connectivity index (χ0n) is 8.75. The van der Waals surface area contributed by atoms with Crippen molar-refractivity contribution in [3.05, 3.63) is 28.0 Å². The Morgan fingerprint density at radius 3 is 2.69 bits per heavy atom. The lowest BCUT2D eigenvalue weighted by Crippen LogP contribution is -2.36. The molecule has 1 saturated heterocycles. The number of anilines is 1. The lowest BCUT2D eigenvalue weighted by atomic mass is 10.2. The number of aliphatic hydroxyl groups excluding tert-OH is 1. The molecule has 0 aromatic heterocycles. The van der Waals surface area contributed by atoms with Gasteiger partial charge in [0.25, 0.3) is 0 Å². The van der Waals surface area contributed by atoms with E-state index in [1.54, 1.807) is 12.1 Å². The van der Waals surface area contributed by atoms with Crippen molar-refractivity contribution in [3.63, 3.8) is 0 Å². The van der Waals surface area contributed by atoms with E-state index in [4.69, 9.17) is 9.84 Å². The smallest absolute Gasteiger partial charge is 0.160 e. The summed E-state index contributed by atoms with van der Waals surface area (Å²) in [6.45, 7) is 2.49. The molecule has 0 amide bonds. The molecule has 1 aromatic rings. The molecular weight excluding hydrogens is 277 g/mol. The molecule has 1 N–H and O–H groups in total. The molecule has 1 aromatic carbocycles. The first-order valence-corrected chi connectivity index (χ1v) is 5.93. The van der Waals surface area contributed by atoms with Crippen LogP contribution < -0.4 is 4.90 Å². The van der Waals surface area contributed by atoms with Crippen molar-refractivity contribution in [1.29, 1.82) is 0 Å². The third-order valence-electron chi connectivity index (χ3n) is 2.60. The van der Waals surface area contributed by atoms with Crippen LogP contribution in [0.4, 0.5) is 10.1 Å². The number of benzene rings is 1. The zero-order valence-corrected chi connectivity index (χ0v) is 10.3. The Balaban J connectivity index is 2.33. The quantitative estimate of drug-likeness (QED) is 0.903. The Morgan fingerprint density at radius 1 is 1.38 bits per heavy atom. The van der Waals surface area contributed by atoms with Crippen molar-refractivity contribution >= 4 is 21.6 Å². The average molecular weight is 290 g/mol. The van der Waals surface area contributed by atoms with E-state index in [0.29, 0.717) is 42.0 Å². The predicted molar refractivity (Wildman–Crippen MR) is 63.1 cm³/mol. The van der Waals surface area contributed by atoms with Gasteiger partial charge in [-0.2, -0.15) is 0 Å². The van der Waals surface area contributed by atoms with Crippen molar-refractivity contribution in [2.45, 2.75) is 6.61 Å². The maximum atomic E-state index is 13.9. The first-order chi connectivity index (χ1) is 7.72. The van der Waals surface area contributed by atoms with Crippen LogP contribution in [-0.4, -0.2) is 31.4 Å². The molecule has 16 heavy (non-hydrogen) atoms. The van der Waals surface area contributed by atoms with Crippen LogP contribution in [0, 0.1) is 5.82 Å².